The first-order chi connectivity index (χ1) is 28.9. The Bertz CT molecular complexity index is 2530. The molecule has 11 heteroatoms. The molecular weight excluding hydrogens is 966 g/mol. The van der Waals surface area contributed by atoms with Gasteiger partial charge in [-0.15, -0.1) is 22.1 Å². The second-order valence-corrected chi connectivity index (χ2v) is 14.9. The summed E-state index contributed by atoms with van der Waals surface area (Å²) in [7, 11) is 0. The van der Waals surface area contributed by atoms with Gasteiger partial charge >= 0.3 is 26.0 Å². The molecule has 7 aromatic rings. The van der Waals surface area contributed by atoms with Crippen LogP contribution in [0.3, 0.4) is 0 Å². The normalized spacial score (nSPS) is 11.5. The van der Waals surface area contributed by atoms with Gasteiger partial charge in [-0.25, -0.2) is 9.97 Å². The van der Waals surface area contributed by atoms with Crippen LogP contribution < -0.4 is 9.97 Å². The molecule has 61 heavy (non-hydrogen) atoms. The number of nitroso groups, excluding NO2 is 1. The third-order valence-electron chi connectivity index (χ3n) is 10.1. The number of rotatable bonds is 4. The second-order valence-electron chi connectivity index (χ2n) is 14.6. The minimum absolute atomic E-state index is 0. The molecule has 304 valence electrons. The predicted molar refractivity (Wildman–Crippen MR) is 243 cm³/mol. The Morgan fingerprint density at radius 2 is 0.639 bits per heavy atom. The fraction of sp³-hybridized carbons (Fsp3) is 0.120. The fourth-order valence-electron chi connectivity index (χ4n) is 7.15. The Kier molecular flexibility index (Phi) is 13.9. The molecule has 0 amide bonds. The molecule has 0 radical (unpaired) electrons. The molecular formula is C50H38F3N5OOsS. The van der Waals surface area contributed by atoms with Gasteiger partial charge in [-0.2, -0.15) is 13.2 Å². The maximum Gasteiger partial charge on any atom is 4.00 e. The second kappa shape index (κ2) is 19.1. The molecule has 8 bridgehead atoms. The fourth-order valence-corrected chi connectivity index (χ4v) is 7.15. The third-order valence-corrected chi connectivity index (χ3v) is 10.5. The molecule has 0 spiro atoms. The van der Waals surface area contributed by atoms with Crippen molar-refractivity contribution in [1.82, 2.24) is 19.9 Å². The summed E-state index contributed by atoms with van der Waals surface area (Å²) < 4.78 is 32.0. The molecule has 0 unspecified atom stereocenters. The van der Waals surface area contributed by atoms with Crippen LogP contribution in [0.5, 0.6) is 0 Å². The molecule has 5 heterocycles. The summed E-state index contributed by atoms with van der Waals surface area (Å²) in [6, 6.07) is 43.0. The molecule has 0 fully saturated rings. The quantitative estimate of drug-likeness (QED) is 0.163. The van der Waals surface area contributed by atoms with Crippen molar-refractivity contribution < 1.29 is 33.0 Å². The van der Waals surface area contributed by atoms with Crippen LogP contribution in [0.25, 0.3) is 96.5 Å². The van der Waals surface area contributed by atoms with E-state index in [1.54, 1.807) is 0 Å². The van der Waals surface area contributed by atoms with Gasteiger partial charge in [-0.1, -0.05) is 149 Å². The van der Waals surface area contributed by atoms with Gasteiger partial charge in [0.1, 0.15) is 0 Å². The number of aromatic nitrogens is 4. The number of nitrogens with zero attached hydrogens (tertiary/aromatic N) is 5. The van der Waals surface area contributed by atoms with Crippen molar-refractivity contribution in [2.24, 2.45) is 0 Å². The largest absolute Gasteiger partial charge is 4.00 e. The van der Waals surface area contributed by atoms with E-state index in [1.807, 2.05) is 0 Å². The molecule has 3 aromatic heterocycles. The van der Waals surface area contributed by atoms with Crippen molar-refractivity contribution in [2.75, 3.05) is 5.75 Å². The summed E-state index contributed by atoms with van der Waals surface area (Å²) in [4.78, 5) is 28.7. The number of benzene rings is 4. The first-order valence-corrected chi connectivity index (χ1v) is 19.7. The van der Waals surface area contributed by atoms with E-state index in [2.05, 4.69) is 186 Å². The van der Waals surface area contributed by atoms with E-state index in [0.717, 1.165) is 89.4 Å². The van der Waals surface area contributed by atoms with Crippen LogP contribution >= 0.6 is 0 Å². The minimum atomic E-state index is -4.14. The molecule has 0 atom stereocenters. The van der Waals surface area contributed by atoms with Crippen LogP contribution in [0.1, 0.15) is 45.0 Å². The molecule has 0 aliphatic carbocycles. The first-order valence-electron chi connectivity index (χ1n) is 19.1. The zero-order chi connectivity index (χ0) is 42.6. The van der Waals surface area contributed by atoms with Crippen molar-refractivity contribution in [2.45, 2.75) is 33.9 Å². The summed E-state index contributed by atoms with van der Waals surface area (Å²) in [6.45, 7) is 8.45. The molecule has 2 aliphatic rings. The van der Waals surface area contributed by atoms with Crippen LogP contribution in [0.15, 0.2) is 121 Å². The van der Waals surface area contributed by atoms with E-state index >= 15 is 0 Å². The average Bonchev–Trinajstić information content (AvgIpc) is 4.09. The summed E-state index contributed by atoms with van der Waals surface area (Å²) in [6.07, 6.45) is 4.33. The summed E-state index contributed by atoms with van der Waals surface area (Å²) in [5, 5.41) is 0. The Morgan fingerprint density at radius 3 is 0.820 bits per heavy atom. The minimum Gasteiger partial charge on any atom is -0.784 e. The van der Waals surface area contributed by atoms with E-state index in [4.69, 9.17) is 30.4 Å². The molecule has 0 N–H and O–H groups in total. The van der Waals surface area contributed by atoms with E-state index < -0.39 is 11.9 Å². The molecule has 4 aromatic carbocycles. The van der Waals surface area contributed by atoms with Gasteiger partial charge in [0, 0.05) is 0 Å². The smallest absolute Gasteiger partial charge is 0.784 e. The van der Waals surface area contributed by atoms with Crippen LogP contribution in [0.2, 0.25) is 0 Å². The Balaban J connectivity index is 0.000000639. The van der Waals surface area contributed by atoms with Crippen LogP contribution in [0.4, 0.5) is 13.2 Å². The van der Waals surface area contributed by atoms with Crippen molar-refractivity contribution in [3.8, 4) is 44.5 Å². The first kappa shape index (κ1) is 44.4. The maximum atomic E-state index is 10.7. The molecule has 0 saturated carbocycles. The SMILES string of the molecule is Cc1ccc(-c2c3nc(c(-c4ccc(C)cc4)c4ccc([n-]4)c(-c4ccc(C)cc4)c4nc(c(-c5ccc(C)cc5)c5ccc2[n-]5)C=C4)C=C3)cc1.FC(F)(F)C[S-].[N-]=O.[Os+4]. The number of hydrogen-bond acceptors (Lipinski definition) is 4. The Hall–Kier alpha value is -6.14. The standard InChI is InChI=1S/C48H36N4.C2H3F3S.NO.Os/c1-29-5-13-33(14-6-29)45-37-21-23-39(49-37)46(34-15-7-30(2)8-16-34)41-25-27-43(51-41)48(36-19-11-32(4)12-20-36)44-28-26-42(52-44)47(40-24-22-38(45)50-40)35-17-9-31(3)10-18-35;3-2(4,5)1-6;1-2;/h5-28H,1-4H3;6H,1H2;;/q-2;;-1;+4/p-1. The number of fused-ring (bicyclic) bond motifs is 8. The molecule has 6 nitrogen and oxygen atoms in total. The van der Waals surface area contributed by atoms with Crippen LogP contribution in [-0.2, 0) is 32.4 Å². The van der Waals surface area contributed by atoms with Gasteiger partial charge in [0.2, 0.25) is 0 Å². The van der Waals surface area contributed by atoms with Gasteiger partial charge in [0.25, 0.3) is 0 Å². The summed E-state index contributed by atoms with van der Waals surface area (Å²) >= 11 is 3.66. The van der Waals surface area contributed by atoms with Gasteiger partial charge in [-0.3, -0.25) is 0 Å². The number of halogens is 3. The van der Waals surface area contributed by atoms with E-state index in [0.29, 0.717) is 0 Å². The van der Waals surface area contributed by atoms with E-state index in [9.17, 15) is 13.2 Å². The van der Waals surface area contributed by atoms with Crippen molar-refractivity contribution in [1.29, 1.82) is 0 Å². The summed E-state index contributed by atoms with van der Waals surface area (Å²) in [5.74, 6) is -1.15. The Labute approximate surface area is 371 Å². The van der Waals surface area contributed by atoms with Crippen molar-refractivity contribution in [3.05, 3.63) is 177 Å². The Morgan fingerprint density at radius 1 is 0.443 bits per heavy atom. The average molecular weight is 1000 g/mol. The van der Waals surface area contributed by atoms with Gasteiger partial charge < -0.3 is 33.1 Å². The van der Waals surface area contributed by atoms with Gasteiger partial charge in [0.15, 0.2) is 0 Å². The van der Waals surface area contributed by atoms with Crippen molar-refractivity contribution >= 4 is 59.0 Å². The number of aryl methyl sites for hydroxylation is 4. The zero-order valence-corrected chi connectivity index (χ0v) is 37.0. The van der Waals surface area contributed by atoms with Crippen LogP contribution in [0, 0.1) is 32.6 Å². The molecule has 9 rings (SSSR count). The van der Waals surface area contributed by atoms with E-state index in [-0.39, 0.29) is 19.8 Å². The third kappa shape index (κ3) is 9.92. The van der Waals surface area contributed by atoms with Gasteiger partial charge in [0.05, 0.1) is 22.8 Å². The van der Waals surface area contributed by atoms with Crippen molar-refractivity contribution in [3.63, 3.8) is 0 Å². The molecule has 0 saturated heterocycles. The van der Waals surface area contributed by atoms with E-state index in [1.165, 1.54) is 22.3 Å². The number of hydrogen-bond donors (Lipinski definition) is 0. The predicted octanol–water partition coefficient (Wildman–Crippen LogP) is 13.2. The summed E-state index contributed by atoms with van der Waals surface area (Å²) in [5.41, 5.74) is 25.7. The van der Waals surface area contributed by atoms with Crippen LogP contribution in [-0.4, -0.2) is 21.9 Å². The number of alkyl halides is 3. The van der Waals surface area contributed by atoms with Gasteiger partial charge in [-0.05, 0) is 96.5 Å². The zero-order valence-electron chi connectivity index (χ0n) is 33.6. The maximum absolute atomic E-state index is 10.7. The topological polar surface area (TPSA) is 93.3 Å². The molecule has 2 aliphatic heterocycles. The monoisotopic (exact) mass is 1010 g/mol.